The highest BCUT2D eigenvalue weighted by Crippen LogP contribution is 2.50. The average Bonchev–Trinajstić information content (AvgIpc) is 3.13. The van der Waals surface area contributed by atoms with Crippen molar-refractivity contribution in [3.05, 3.63) is 32.6 Å². The topological polar surface area (TPSA) is 128 Å². The molecule has 0 aromatic carbocycles. The maximum absolute atomic E-state index is 12.6. The molecule has 1 unspecified atom stereocenters. The second-order valence-electron chi connectivity index (χ2n) is 8.49. The van der Waals surface area contributed by atoms with Crippen molar-refractivity contribution in [3.63, 3.8) is 0 Å². The van der Waals surface area contributed by atoms with Gasteiger partial charge < -0.3 is 23.3 Å². The Labute approximate surface area is 203 Å². The summed E-state index contributed by atoms with van der Waals surface area (Å²) in [5.41, 5.74) is -0.790. The molecule has 5 atom stereocenters. The van der Waals surface area contributed by atoms with E-state index in [2.05, 4.69) is 15.7 Å². The van der Waals surface area contributed by atoms with Gasteiger partial charge in [-0.05, 0) is 41.5 Å². The summed E-state index contributed by atoms with van der Waals surface area (Å²) in [5, 5.41) is 8.98. The Morgan fingerprint density at radius 2 is 1.97 bits per heavy atom. The van der Waals surface area contributed by atoms with E-state index < -0.39 is 44.3 Å². The van der Waals surface area contributed by atoms with E-state index in [-0.39, 0.29) is 38.6 Å². The number of ether oxygens (including phenoxy) is 3. The van der Waals surface area contributed by atoms with Crippen LogP contribution in [-0.4, -0.2) is 71.5 Å². The number of rotatable bonds is 13. The van der Waals surface area contributed by atoms with Gasteiger partial charge in [0.1, 0.15) is 12.2 Å². The van der Waals surface area contributed by atoms with Crippen molar-refractivity contribution in [1.29, 1.82) is 5.26 Å². The van der Waals surface area contributed by atoms with E-state index in [0.29, 0.717) is 12.2 Å². The number of hydrogen-bond acceptors (Lipinski definition) is 9. The molecule has 11 nitrogen and oxygen atoms in total. The Morgan fingerprint density at radius 3 is 2.56 bits per heavy atom. The fourth-order valence-corrected chi connectivity index (χ4v) is 5.45. The van der Waals surface area contributed by atoms with E-state index in [1.54, 1.807) is 14.0 Å². The van der Waals surface area contributed by atoms with Gasteiger partial charge in [-0.25, -0.2) is 9.46 Å². The Hall–Kier alpha value is -1.64. The highest BCUT2D eigenvalue weighted by Gasteiger charge is 2.48. The van der Waals surface area contributed by atoms with E-state index in [4.69, 9.17) is 29.9 Å². The largest absolute Gasteiger partial charge is 0.382 e. The molecule has 0 spiro atoms. The first kappa shape index (κ1) is 27.0. The number of aromatic nitrogens is 2. The van der Waals surface area contributed by atoms with Gasteiger partial charge in [-0.1, -0.05) is 0 Å². The summed E-state index contributed by atoms with van der Waals surface area (Å²) < 4.78 is 41.2. The van der Waals surface area contributed by atoms with Gasteiger partial charge >= 0.3 is 5.69 Å². The number of hydrogen-bond donors (Lipinski definition) is 1. The number of aryl methyl sites for hydroxylation is 1. The molecular formula is C22H37N4O7P. The van der Waals surface area contributed by atoms with Gasteiger partial charge in [-0.3, -0.25) is 14.3 Å². The van der Waals surface area contributed by atoms with Gasteiger partial charge in [0.2, 0.25) is 0 Å². The third kappa shape index (κ3) is 7.18. The van der Waals surface area contributed by atoms with Gasteiger partial charge in [-0.2, -0.15) is 5.26 Å². The van der Waals surface area contributed by atoms with Crippen molar-refractivity contribution in [2.75, 3.05) is 26.9 Å². The summed E-state index contributed by atoms with van der Waals surface area (Å²) in [6.07, 6.45) is -1.56. The van der Waals surface area contributed by atoms with Gasteiger partial charge in [0.05, 0.1) is 38.4 Å². The lowest BCUT2D eigenvalue weighted by Crippen LogP contribution is -2.42. The van der Waals surface area contributed by atoms with E-state index >= 15 is 0 Å². The summed E-state index contributed by atoms with van der Waals surface area (Å²) in [4.78, 5) is 26.8. The summed E-state index contributed by atoms with van der Waals surface area (Å²) in [5.74, 6) is 0. The van der Waals surface area contributed by atoms with Gasteiger partial charge in [-0.15, -0.1) is 0 Å². The molecule has 0 amide bonds. The summed E-state index contributed by atoms with van der Waals surface area (Å²) in [7, 11) is -0.0983. The second kappa shape index (κ2) is 13.4. The predicted octanol–water partition coefficient (Wildman–Crippen LogP) is 2.46. The van der Waals surface area contributed by atoms with Gasteiger partial charge in [0.15, 0.2) is 6.23 Å². The lowest BCUT2D eigenvalue weighted by atomic mass is 10.1. The highest BCUT2D eigenvalue weighted by molar-refractivity contribution is 7.44. The number of nitriles is 1. The molecule has 34 heavy (non-hydrogen) atoms. The number of nitrogens with zero attached hydrogens (tertiary/aromatic N) is 3. The van der Waals surface area contributed by atoms with Crippen molar-refractivity contribution < 1.29 is 24.6 Å². The van der Waals surface area contributed by atoms with Crippen LogP contribution in [0.5, 0.6) is 0 Å². The van der Waals surface area contributed by atoms with Crippen molar-refractivity contribution >= 4 is 8.53 Å². The molecule has 1 aromatic rings. The van der Waals surface area contributed by atoms with Crippen LogP contribution in [-0.2, 0) is 23.3 Å². The monoisotopic (exact) mass is 501 g/mol. The molecule has 1 aliphatic rings. The van der Waals surface area contributed by atoms with Crippen LogP contribution < -0.4 is 11.2 Å². The molecular weight excluding hydrogens is 463 g/mol. The number of H-pyrrole nitrogens is 1. The van der Waals surface area contributed by atoms with E-state index in [1.807, 2.05) is 27.7 Å². The zero-order valence-corrected chi connectivity index (χ0v) is 21.6. The van der Waals surface area contributed by atoms with E-state index in [0.717, 1.165) is 0 Å². The van der Waals surface area contributed by atoms with Crippen molar-refractivity contribution in [3.8, 4) is 6.07 Å². The molecule has 0 saturated carbocycles. The molecule has 2 rings (SSSR count). The van der Waals surface area contributed by atoms with E-state index in [1.165, 1.54) is 10.8 Å². The number of nitrogens with one attached hydrogen (secondary N) is 1. The quantitative estimate of drug-likeness (QED) is 0.320. The lowest BCUT2D eigenvalue weighted by molar-refractivity contribution is -0.0776. The Balaban J connectivity index is 2.46. The molecule has 12 heteroatoms. The third-order valence-electron chi connectivity index (χ3n) is 5.18. The smallest absolute Gasteiger partial charge is 0.330 e. The fraction of sp³-hybridized carbons (Fsp3) is 0.773. The van der Waals surface area contributed by atoms with Crippen LogP contribution in [0.2, 0.25) is 0 Å². The second-order valence-corrected chi connectivity index (χ2v) is 9.90. The molecule has 192 valence electrons. The maximum Gasteiger partial charge on any atom is 0.330 e. The fourth-order valence-electron chi connectivity index (χ4n) is 3.68. The molecule has 0 bridgehead atoms. The standard InChI is InChI=1S/C22H37N4O7P/c1-14(2)26(15(3)4)34(31-10-8-9-23)33-18-17(6)32-21(19(18)30-12-11-29-7)25-13-16(5)20(27)24-22(25)28/h13-15,17-19,21H,8,10-12H2,1-7H3,(H,24,27,28)/t17-,18-,19-,21-,34?/m1/s1/i6D. The molecule has 1 fully saturated rings. The van der Waals surface area contributed by atoms with Crippen LogP contribution in [0.1, 0.15) is 54.2 Å². The average molecular weight is 502 g/mol. The van der Waals surface area contributed by atoms with Crippen LogP contribution in [0.4, 0.5) is 0 Å². The normalized spacial score (nSPS) is 24.1. The highest BCUT2D eigenvalue weighted by atomic mass is 31.2. The Kier molecular flexibility index (Phi) is 10.7. The molecule has 0 aliphatic carbocycles. The van der Waals surface area contributed by atoms with E-state index in [9.17, 15) is 9.59 Å². The number of methoxy groups -OCH3 is 1. The predicted molar refractivity (Wildman–Crippen MR) is 127 cm³/mol. The van der Waals surface area contributed by atoms with Crippen molar-refractivity contribution in [2.45, 2.75) is 84.6 Å². The maximum atomic E-state index is 12.6. The number of aromatic amines is 1. The first-order valence-electron chi connectivity index (χ1n) is 12.0. The molecule has 0 radical (unpaired) electrons. The van der Waals surface area contributed by atoms with Crippen LogP contribution in [0.25, 0.3) is 0 Å². The van der Waals surface area contributed by atoms with Crippen molar-refractivity contribution in [1.82, 2.24) is 14.2 Å². The minimum absolute atomic E-state index is 0.0769. The Bertz CT molecular complexity index is 943. The van der Waals surface area contributed by atoms with Gasteiger partial charge in [0.25, 0.3) is 14.1 Å². The van der Waals surface area contributed by atoms with Crippen LogP contribution in [0.15, 0.2) is 15.8 Å². The molecule has 1 saturated heterocycles. The third-order valence-corrected chi connectivity index (χ3v) is 7.31. The first-order valence-corrected chi connectivity index (χ1v) is 12.4. The van der Waals surface area contributed by atoms with Gasteiger partial charge in [0, 0.05) is 32.3 Å². The Morgan fingerprint density at radius 1 is 1.26 bits per heavy atom. The molecule has 1 aromatic heterocycles. The molecule has 1 aliphatic heterocycles. The zero-order chi connectivity index (χ0) is 26.1. The van der Waals surface area contributed by atoms with Crippen LogP contribution in [0, 0.1) is 18.3 Å². The summed E-state index contributed by atoms with van der Waals surface area (Å²) in [6.45, 7) is 10.2. The SMILES string of the molecule is [2H]C[C@H]1O[C@@H](n2cc(C)c(=O)[nH]c2=O)[C@H](OCCOC)[C@@H]1OP(OCCC#N)N(C(C)C)C(C)C. The minimum atomic E-state index is -1.65. The summed E-state index contributed by atoms with van der Waals surface area (Å²) >= 11 is 0. The molecule has 1 N–H and O–H groups in total. The van der Waals surface area contributed by atoms with Crippen LogP contribution >= 0.6 is 8.53 Å². The minimum Gasteiger partial charge on any atom is -0.382 e. The van der Waals surface area contributed by atoms with Crippen LogP contribution in [0.3, 0.4) is 0 Å². The molecule has 2 heterocycles. The first-order chi connectivity index (χ1) is 16.7. The van der Waals surface area contributed by atoms with Crippen molar-refractivity contribution in [2.24, 2.45) is 0 Å². The lowest BCUT2D eigenvalue weighted by Gasteiger charge is -2.38. The summed E-state index contributed by atoms with van der Waals surface area (Å²) in [6, 6.07) is 2.23. The zero-order valence-electron chi connectivity index (χ0n) is 21.7.